The highest BCUT2D eigenvalue weighted by atomic mass is 79.9. The first-order chi connectivity index (χ1) is 9.81. The molecule has 1 N–H and O–H groups in total. The molecular formula is C16H19BrN2O. The molecule has 106 valence electrons. The molecule has 0 radical (unpaired) electrons. The maximum Gasteiger partial charge on any atom is 0.251 e. The number of nitrogens with zero attached hydrogens (tertiary/aromatic N) is 1. The summed E-state index contributed by atoms with van der Waals surface area (Å²) in [6, 6.07) is 9.46. The highest BCUT2D eigenvalue weighted by Crippen LogP contribution is 2.13. The van der Waals surface area contributed by atoms with Crippen LogP contribution in [0.1, 0.15) is 36.0 Å². The summed E-state index contributed by atoms with van der Waals surface area (Å²) in [5.41, 5.74) is 1.62. The lowest BCUT2D eigenvalue weighted by atomic mass is 10.1. The quantitative estimate of drug-likeness (QED) is 0.615. The monoisotopic (exact) mass is 334 g/mol. The molecule has 0 aliphatic rings. The van der Waals surface area contributed by atoms with E-state index in [1.807, 2.05) is 30.3 Å². The minimum Gasteiger partial charge on any atom is -0.352 e. The van der Waals surface area contributed by atoms with Gasteiger partial charge in [0.15, 0.2) is 0 Å². The van der Waals surface area contributed by atoms with E-state index in [0.29, 0.717) is 5.56 Å². The number of carbonyl (C=O) groups is 1. The predicted octanol–water partition coefficient (Wildman–Crippen LogP) is 3.92. The van der Waals surface area contributed by atoms with E-state index in [1.54, 1.807) is 6.20 Å². The van der Waals surface area contributed by atoms with Gasteiger partial charge in [-0.3, -0.25) is 9.78 Å². The van der Waals surface area contributed by atoms with Crippen LogP contribution in [0.3, 0.4) is 0 Å². The maximum atomic E-state index is 12.0. The largest absolute Gasteiger partial charge is 0.352 e. The molecule has 0 aliphatic carbocycles. The van der Waals surface area contributed by atoms with Crippen molar-refractivity contribution in [1.29, 1.82) is 0 Å². The minimum atomic E-state index is -0.00348. The molecule has 1 aromatic heterocycles. The van der Waals surface area contributed by atoms with Gasteiger partial charge in [-0.1, -0.05) is 34.8 Å². The number of aromatic nitrogens is 1. The Morgan fingerprint density at radius 1 is 1.15 bits per heavy atom. The van der Waals surface area contributed by atoms with Gasteiger partial charge in [-0.2, -0.15) is 0 Å². The molecule has 2 aromatic rings. The molecule has 0 bridgehead atoms. The lowest BCUT2D eigenvalue weighted by Crippen LogP contribution is -2.24. The first-order valence-corrected chi connectivity index (χ1v) is 8.12. The molecule has 0 unspecified atom stereocenters. The van der Waals surface area contributed by atoms with Crippen LogP contribution in [0, 0.1) is 0 Å². The van der Waals surface area contributed by atoms with Crippen LogP contribution in [0.2, 0.25) is 0 Å². The number of alkyl halides is 1. The van der Waals surface area contributed by atoms with Gasteiger partial charge in [-0.25, -0.2) is 0 Å². The van der Waals surface area contributed by atoms with Crippen molar-refractivity contribution in [2.75, 3.05) is 11.9 Å². The summed E-state index contributed by atoms with van der Waals surface area (Å²) in [6.07, 6.45) is 6.37. The zero-order valence-corrected chi connectivity index (χ0v) is 13.0. The van der Waals surface area contributed by atoms with Gasteiger partial charge < -0.3 is 5.32 Å². The van der Waals surface area contributed by atoms with Crippen molar-refractivity contribution in [2.45, 2.75) is 25.7 Å². The fourth-order valence-electron chi connectivity index (χ4n) is 2.09. The molecule has 0 fully saturated rings. The molecule has 0 saturated carbocycles. The first kappa shape index (κ1) is 15.0. The van der Waals surface area contributed by atoms with E-state index in [9.17, 15) is 4.79 Å². The molecule has 1 aromatic carbocycles. The summed E-state index contributed by atoms with van der Waals surface area (Å²) in [5, 5.41) is 5.03. The van der Waals surface area contributed by atoms with Gasteiger partial charge in [-0.05, 0) is 37.1 Å². The molecule has 0 saturated heterocycles. The van der Waals surface area contributed by atoms with E-state index in [-0.39, 0.29) is 5.91 Å². The van der Waals surface area contributed by atoms with Crippen LogP contribution < -0.4 is 5.32 Å². The summed E-state index contributed by atoms with van der Waals surface area (Å²) in [5.74, 6) is -0.00348. The molecule has 1 amide bonds. The number of pyridine rings is 1. The molecule has 3 nitrogen and oxygen atoms in total. The molecule has 0 spiro atoms. The van der Waals surface area contributed by atoms with E-state index in [0.717, 1.165) is 35.6 Å². The Hall–Kier alpha value is -1.42. The van der Waals surface area contributed by atoms with Crippen LogP contribution in [0.15, 0.2) is 36.5 Å². The van der Waals surface area contributed by atoms with Crippen molar-refractivity contribution in [3.05, 3.63) is 42.1 Å². The van der Waals surface area contributed by atoms with Gasteiger partial charge in [0, 0.05) is 29.0 Å². The van der Waals surface area contributed by atoms with Crippen LogP contribution in [0.5, 0.6) is 0 Å². The van der Waals surface area contributed by atoms with Crippen LogP contribution in [-0.4, -0.2) is 22.8 Å². The Balaban J connectivity index is 1.84. The number of benzene rings is 1. The van der Waals surface area contributed by atoms with Crippen molar-refractivity contribution in [3.63, 3.8) is 0 Å². The Morgan fingerprint density at radius 2 is 2.00 bits per heavy atom. The topological polar surface area (TPSA) is 42.0 Å². The zero-order chi connectivity index (χ0) is 14.2. The van der Waals surface area contributed by atoms with E-state index < -0.39 is 0 Å². The van der Waals surface area contributed by atoms with Gasteiger partial charge in [0.1, 0.15) is 0 Å². The number of carbonyl (C=O) groups excluding carboxylic acids is 1. The Morgan fingerprint density at radius 3 is 2.85 bits per heavy atom. The van der Waals surface area contributed by atoms with E-state index in [1.165, 1.54) is 12.8 Å². The summed E-state index contributed by atoms with van der Waals surface area (Å²) in [4.78, 5) is 16.3. The minimum absolute atomic E-state index is 0.00348. The molecule has 1 heterocycles. The fraction of sp³-hybridized carbons (Fsp3) is 0.375. The summed E-state index contributed by atoms with van der Waals surface area (Å²) in [6.45, 7) is 0.742. The number of fused-ring (bicyclic) bond motifs is 1. The maximum absolute atomic E-state index is 12.0. The SMILES string of the molecule is O=C(NCCCCCCBr)c1ccc2ncccc2c1. The zero-order valence-electron chi connectivity index (χ0n) is 11.4. The van der Waals surface area contributed by atoms with Gasteiger partial charge in [0.25, 0.3) is 5.91 Å². The van der Waals surface area contributed by atoms with Gasteiger partial charge in [-0.15, -0.1) is 0 Å². The normalized spacial score (nSPS) is 10.7. The van der Waals surface area contributed by atoms with Crippen LogP contribution in [0.4, 0.5) is 0 Å². The van der Waals surface area contributed by atoms with Crippen LogP contribution in [0.25, 0.3) is 10.9 Å². The smallest absolute Gasteiger partial charge is 0.251 e. The van der Waals surface area contributed by atoms with Crippen molar-refractivity contribution in [3.8, 4) is 0 Å². The van der Waals surface area contributed by atoms with Gasteiger partial charge in [0.2, 0.25) is 0 Å². The second-order valence-electron chi connectivity index (χ2n) is 4.77. The molecule has 20 heavy (non-hydrogen) atoms. The number of hydrogen-bond donors (Lipinski definition) is 1. The molecule has 0 aliphatic heterocycles. The summed E-state index contributed by atoms with van der Waals surface area (Å²) >= 11 is 3.42. The van der Waals surface area contributed by atoms with Crippen molar-refractivity contribution in [2.24, 2.45) is 0 Å². The number of unbranched alkanes of at least 4 members (excludes halogenated alkanes) is 3. The average Bonchev–Trinajstić information content (AvgIpc) is 2.50. The second-order valence-corrected chi connectivity index (χ2v) is 5.56. The van der Waals surface area contributed by atoms with Gasteiger partial charge in [0.05, 0.1) is 5.52 Å². The number of nitrogens with one attached hydrogen (secondary N) is 1. The second kappa shape index (κ2) is 8.00. The number of hydrogen-bond acceptors (Lipinski definition) is 2. The first-order valence-electron chi connectivity index (χ1n) is 7.00. The van der Waals surface area contributed by atoms with E-state index in [4.69, 9.17) is 0 Å². The number of amides is 1. The molecular weight excluding hydrogens is 316 g/mol. The van der Waals surface area contributed by atoms with Crippen LogP contribution in [-0.2, 0) is 0 Å². The third-order valence-corrected chi connectivity index (χ3v) is 3.77. The Bertz CT molecular complexity index is 571. The summed E-state index contributed by atoms with van der Waals surface area (Å²) in [7, 11) is 0. The molecule has 4 heteroatoms. The average molecular weight is 335 g/mol. The standard InChI is InChI=1S/C16H19BrN2O/c17-9-3-1-2-4-10-19-16(20)14-7-8-15-13(12-14)6-5-11-18-15/h5-8,11-12H,1-4,9-10H2,(H,19,20). The van der Waals surface area contributed by atoms with E-state index >= 15 is 0 Å². The van der Waals surface area contributed by atoms with E-state index in [2.05, 4.69) is 26.2 Å². The lowest BCUT2D eigenvalue weighted by Gasteiger charge is -2.06. The highest BCUT2D eigenvalue weighted by molar-refractivity contribution is 9.09. The number of halogens is 1. The Labute approximate surface area is 127 Å². The Kier molecular flexibility index (Phi) is 5.99. The summed E-state index contributed by atoms with van der Waals surface area (Å²) < 4.78 is 0. The van der Waals surface area contributed by atoms with Crippen molar-refractivity contribution < 1.29 is 4.79 Å². The molecule has 2 rings (SSSR count). The third-order valence-electron chi connectivity index (χ3n) is 3.21. The van der Waals surface area contributed by atoms with Gasteiger partial charge >= 0.3 is 0 Å². The predicted molar refractivity (Wildman–Crippen MR) is 86.3 cm³/mol. The highest BCUT2D eigenvalue weighted by Gasteiger charge is 2.05. The lowest BCUT2D eigenvalue weighted by molar-refractivity contribution is 0.0953. The van der Waals surface area contributed by atoms with Crippen molar-refractivity contribution in [1.82, 2.24) is 10.3 Å². The van der Waals surface area contributed by atoms with Crippen LogP contribution >= 0.6 is 15.9 Å². The number of rotatable bonds is 7. The third kappa shape index (κ3) is 4.30. The fourth-order valence-corrected chi connectivity index (χ4v) is 2.49. The molecule has 0 atom stereocenters. The van der Waals surface area contributed by atoms with Crippen molar-refractivity contribution >= 4 is 32.7 Å².